The molecule has 2 amide bonds. The zero-order chi connectivity index (χ0) is 21.1. The molecule has 1 heterocycles. The molecule has 4 rings (SSSR count). The summed E-state index contributed by atoms with van der Waals surface area (Å²) in [6.07, 6.45) is 0.951. The third kappa shape index (κ3) is 4.09. The van der Waals surface area contributed by atoms with Crippen LogP contribution in [0, 0.1) is 5.82 Å². The average Bonchev–Trinajstić information content (AvgIpc) is 3.16. The fourth-order valence-corrected chi connectivity index (χ4v) is 4.59. The first-order chi connectivity index (χ1) is 14.6. The van der Waals surface area contributed by atoms with Crippen LogP contribution in [0.15, 0.2) is 72.8 Å². The Balaban J connectivity index is 1.52. The minimum atomic E-state index is -0.558. The lowest BCUT2D eigenvalue weighted by atomic mass is 10.1. The minimum Gasteiger partial charge on any atom is -0.322 e. The Labute approximate surface area is 179 Å². The molecule has 1 fully saturated rings. The van der Waals surface area contributed by atoms with Crippen molar-refractivity contribution in [3.05, 3.63) is 95.3 Å². The van der Waals surface area contributed by atoms with Gasteiger partial charge < -0.3 is 5.32 Å². The number of hydrogen-bond donors (Lipinski definition) is 1. The standard InChI is InChI=1S/C24H21FN2O2S/c1-2-16-7-13-19(14-8-16)27-22(28)15-30-24(27)17-9-11-18(12-10-17)26-23(29)20-5-3-4-6-21(20)25/h3-14,24H,2,15H2,1H3,(H,26,29). The molecule has 0 aliphatic carbocycles. The zero-order valence-corrected chi connectivity index (χ0v) is 17.3. The molecule has 30 heavy (non-hydrogen) atoms. The predicted octanol–water partition coefficient (Wildman–Crippen LogP) is 5.42. The summed E-state index contributed by atoms with van der Waals surface area (Å²) in [7, 11) is 0. The molecule has 3 aromatic carbocycles. The van der Waals surface area contributed by atoms with Crippen LogP contribution in [0.1, 0.15) is 33.8 Å². The first-order valence-corrected chi connectivity index (χ1v) is 10.8. The van der Waals surface area contributed by atoms with Gasteiger partial charge in [0.05, 0.1) is 11.3 Å². The van der Waals surface area contributed by atoms with Crippen LogP contribution in [-0.4, -0.2) is 17.6 Å². The van der Waals surface area contributed by atoms with Gasteiger partial charge >= 0.3 is 0 Å². The minimum absolute atomic E-state index is 0.000206. The molecule has 0 bridgehead atoms. The largest absolute Gasteiger partial charge is 0.322 e. The normalized spacial score (nSPS) is 16.0. The molecule has 152 valence electrons. The van der Waals surface area contributed by atoms with Crippen molar-refractivity contribution in [3.63, 3.8) is 0 Å². The smallest absolute Gasteiger partial charge is 0.258 e. The van der Waals surface area contributed by atoms with Crippen molar-refractivity contribution in [3.8, 4) is 0 Å². The van der Waals surface area contributed by atoms with Gasteiger partial charge in [-0.2, -0.15) is 0 Å². The highest BCUT2D eigenvalue weighted by Crippen LogP contribution is 2.42. The third-order valence-electron chi connectivity index (χ3n) is 5.06. The van der Waals surface area contributed by atoms with Crippen LogP contribution in [0.2, 0.25) is 0 Å². The van der Waals surface area contributed by atoms with E-state index in [4.69, 9.17) is 0 Å². The Morgan fingerprint density at radius 3 is 2.43 bits per heavy atom. The molecular weight excluding hydrogens is 399 g/mol. The van der Waals surface area contributed by atoms with Gasteiger partial charge in [-0.3, -0.25) is 14.5 Å². The lowest BCUT2D eigenvalue weighted by Crippen LogP contribution is -2.27. The number of thioether (sulfide) groups is 1. The molecular formula is C24H21FN2O2S. The van der Waals surface area contributed by atoms with E-state index in [1.54, 1.807) is 36.0 Å². The number of halogens is 1. The van der Waals surface area contributed by atoms with Crippen LogP contribution in [0.5, 0.6) is 0 Å². The van der Waals surface area contributed by atoms with E-state index in [1.165, 1.54) is 17.7 Å². The molecule has 0 radical (unpaired) electrons. The van der Waals surface area contributed by atoms with Gasteiger partial charge in [0, 0.05) is 11.4 Å². The van der Waals surface area contributed by atoms with Crippen LogP contribution < -0.4 is 10.2 Å². The number of anilines is 2. The third-order valence-corrected chi connectivity index (χ3v) is 6.28. The monoisotopic (exact) mass is 420 g/mol. The maximum absolute atomic E-state index is 13.8. The first kappa shape index (κ1) is 20.2. The van der Waals surface area contributed by atoms with Gasteiger partial charge in [-0.25, -0.2) is 4.39 Å². The van der Waals surface area contributed by atoms with Crippen LogP contribution in [0.4, 0.5) is 15.8 Å². The van der Waals surface area contributed by atoms with Crippen LogP contribution in [0.25, 0.3) is 0 Å². The van der Waals surface area contributed by atoms with Crippen molar-refractivity contribution in [2.24, 2.45) is 0 Å². The van der Waals surface area contributed by atoms with E-state index in [0.29, 0.717) is 11.4 Å². The highest BCUT2D eigenvalue weighted by molar-refractivity contribution is 8.00. The first-order valence-electron chi connectivity index (χ1n) is 9.75. The lowest BCUT2D eigenvalue weighted by Gasteiger charge is -2.24. The Morgan fingerprint density at radius 1 is 1.07 bits per heavy atom. The molecule has 0 aromatic heterocycles. The van der Waals surface area contributed by atoms with E-state index >= 15 is 0 Å². The molecule has 1 aliphatic heterocycles. The molecule has 1 aliphatic rings. The second kappa shape index (κ2) is 8.71. The summed E-state index contributed by atoms with van der Waals surface area (Å²) < 4.78 is 13.8. The lowest BCUT2D eigenvalue weighted by molar-refractivity contribution is -0.115. The summed E-state index contributed by atoms with van der Waals surface area (Å²) in [4.78, 5) is 26.6. The van der Waals surface area contributed by atoms with Gasteiger partial charge in [0.25, 0.3) is 5.91 Å². The second-order valence-corrected chi connectivity index (χ2v) is 8.07. The highest BCUT2D eigenvalue weighted by atomic mass is 32.2. The van der Waals surface area contributed by atoms with Gasteiger partial charge in [-0.1, -0.05) is 43.3 Å². The maximum Gasteiger partial charge on any atom is 0.258 e. The number of aryl methyl sites for hydroxylation is 1. The van der Waals surface area contributed by atoms with Gasteiger partial charge in [0.2, 0.25) is 5.91 Å². The number of benzene rings is 3. The van der Waals surface area contributed by atoms with Crippen molar-refractivity contribution in [1.29, 1.82) is 0 Å². The van der Waals surface area contributed by atoms with E-state index in [-0.39, 0.29) is 16.8 Å². The quantitative estimate of drug-likeness (QED) is 0.600. The van der Waals surface area contributed by atoms with Crippen LogP contribution >= 0.6 is 11.8 Å². The van der Waals surface area contributed by atoms with E-state index in [0.717, 1.165) is 17.7 Å². The Hall–Kier alpha value is -3.12. The topological polar surface area (TPSA) is 49.4 Å². The SMILES string of the molecule is CCc1ccc(N2C(=O)CSC2c2ccc(NC(=O)c3ccccc3F)cc2)cc1. The molecule has 6 heteroatoms. The van der Waals surface area contributed by atoms with Gasteiger partial charge in [0.15, 0.2) is 0 Å². The number of nitrogens with one attached hydrogen (secondary N) is 1. The van der Waals surface area contributed by atoms with Crippen molar-refractivity contribution < 1.29 is 14.0 Å². The molecule has 4 nitrogen and oxygen atoms in total. The van der Waals surface area contributed by atoms with E-state index < -0.39 is 11.7 Å². The number of carbonyl (C=O) groups is 2. The van der Waals surface area contributed by atoms with Crippen LogP contribution in [0.3, 0.4) is 0 Å². The van der Waals surface area contributed by atoms with Crippen molar-refractivity contribution in [1.82, 2.24) is 0 Å². The van der Waals surface area contributed by atoms with Gasteiger partial charge in [-0.15, -0.1) is 11.8 Å². The number of rotatable bonds is 5. The molecule has 1 N–H and O–H groups in total. The van der Waals surface area contributed by atoms with Crippen molar-refractivity contribution in [2.75, 3.05) is 16.0 Å². The molecule has 0 spiro atoms. The molecule has 1 saturated heterocycles. The average molecular weight is 421 g/mol. The summed E-state index contributed by atoms with van der Waals surface area (Å²) in [6.45, 7) is 2.10. The van der Waals surface area contributed by atoms with E-state index in [9.17, 15) is 14.0 Å². The Morgan fingerprint density at radius 2 is 1.77 bits per heavy atom. The second-order valence-electron chi connectivity index (χ2n) is 7.00. The van der Waals surface area contributed by atoms with E-state index in [2.05, 4.69) is 12.2 Å². The van der Waals surface area contributed by atoms with Crippen molar-refractivity contribution >= 4 is 35.0 Å². The van der Waals surface area contributed by atoms with Gasteiger partial charge in [-0.05, 0) is 53.9 Å². The predicted molar refractivity (Wildman–Crippen MR) is 119 cm³/mol. The summed E-state index contributed by atoms with van der Waals surface area (Å²) in [6, 6.07) is 21.3. The Bertz CT molecular complexity index is 1070. The molecule has 0 saturated carbocycles. The number of hydrogen-bond acceptors (Lipinski definition) is 3. The summed E-state index contributed by atoms with van der Waals surface area (Å²) >= 11 is 1.57. The summed E-state index contributed by atoms with van der Waals surface area (Å²) in [5.41, 5.74) is 3.64. The van der Waals surface area contributed by atoms with Gasteiger partial charge in [0.1, 0.15) is 11.2 Å². The fraction of sp³-hybridized carbons (Fsp3) is 0.167. The van der Waals surface area contributed by atoms with E-state index in [1.807, 2.05) is 41.3 Å². The summed E-state index contributed by atoms with van der Waals surface area (Å²) in [5, 5.41) is 2.59. The fourth-order valence-electron chi connectivity index (χ4n) is 3.42. The van der Waals surface area contributed by atoms with Crippen molar-refractivity contribution in [2.45, 2.75) is 18.7 Å². The zero-order valence-electron chi connectivity index (χ0n) is 16.5. The number of carbonyl (C=O) groups excluding carboxylic acids is 2. The Kier molecular flexibility index (Phi) is 5.86. The maximum atomic E-state index is 13.8. The van der Waals surface area contributed by atoms with Crippen LogP contribution in [-0.2, 0) is 11.2 Å². The molecule has 1 atom stereocenters. The molecule has 3 aromatic rings. The molecule has 1 unspecified atom stereocenters. The highest BCUT2D eigenvalue weighted by Gasteiger charge is 2.34. The number of nitrogens with zero attached hydrogens (tertiary/aromatic N) is 1. The summed E-state index contributed by atoms with van der Waals surface area (Å²) in [5.74, 6) is -0.557. The number of amides is 2.